The van der Waals surface area contributed by atoms with Crippen LogP contribution >= 0.6 is 0 Å². The van der Waals surface area contributed by atoms with Crippen LogP contribution in [0.2, 0.25) is 0 Å². The lowest BCUT2D eigenvalue weighted by atomic mass is 9.69. The molecule has 1 heterocycles. The van der Waals surface area contributed by atoms with Gasteiger partial charge in [0, 0.05) is 32.7 Å². The molecule has 2 N–H and O–H groups in total. The van der Waals surface area contributed by atoms with Gasteiger partial charge in [0.05, 0.1) is 6.54 Å². The first-order valence-corrected chi connectivity index (χ1v) is 6.92. The standard InChI is InChI=1S/C14H29N3O/c1-13(2,3)14(4,5)11-16-12(18)10-17-8-6-15-7-9-17/h15H,6-11H2,1-5H3,(H,16,18). The van der Waals surface area contributed by atoms with E-state index in [1.165, 1.54) is 0 Å². The zero-order valence-electron chi connectivity index (χ0n) is 12.6. The first-order chi connectivity index (χ1) is 8.22. The molecule has 18 heavy (non-hydrogen) atoms. The third kappa shape index (κ3) is 4.58. The van der Waals surface area contributed by atoms with Gasteiger partial charge in [0.1, 0.15) is 0 Å². The molecule has 106 valence electrons. The van der Waals surface area contributed by atoms with Crippen LogP contribution in [-0.2, 0) is 4.79 Å². The molecule has 0 unspecified atom stereocenters. The maximum atomic E-state index is 11.9. The van der Waals surface area contributed by atoms with Crippen molar-refractivity contribution in [2.45, 2.75) is 34.6 Å². The molecule has 0 bridgehead atoms. The molecule has 1 saturated heterocycles. The Bertz CT molecular complexity index is 275. The van der Waals surface area contributed by atoms with Gasteiger partial charge in [0.25, 0.3) is 0 Å². The van der Waals surface area contributed by atoms with Gasteiger partial charge in [0.15, 0.2) is 0 Å². The quantitative estimate of drug-likeness (QED) is 0.790. The van der Waals surface area contributed by atoms with Crippen molar-refractivity contribution < 1.29 is 4.79 Å². The van der Waals surface area contributed by atoms with E-state index in [2.05, 4.69) is 50.2 Å². The van der Waals surface area contributed by atoms with Crippen LogP contribution in [0.1, 0.15) is 34.6 Å². The van der Waals surface area contributed by atoms with E-state index in [1.54, 1.807) is 0 Å². The summed E-state index contributed by atoms with van der Waals surface area (Å²) in [6.45, 7) is 16.2. The van der Waals surface area contributed by atoms with Gasteiger partial charge >= 0.3 is 0 Å². The van der Waals surface area contributed by atoms with E-state index in [-0.39, 0.29) is 16.7 Å². The Morgan fingerprint density at radius 3 is 2.22 bits per heavy atom. The minimum Gasteiger partial charge on any atom is -0.354 e. The molecule has 1 aliphatic rings. The molecule has 4 nitrogen and oxygen atoms in total. The number of amides is 1. The number of rotatable bonds is 4. The zero-order valence-corrected chi connectivity index (χ0v) is 12.6. The minimum atomic E-state index is 0.103. The van der Waals surface area contributed by atoms with E-state index in [4.69, 9.17) is 0 Å². The Morgan fingerprint density at radius 1 is 1.17 bits per heavy atom. The van der Waals surface area contributed by atoms with Gasteiger partial charge in [-0.3, -0.25) is 9.69 Å². The summed E-state index contributed by atoms with van der Waals surface area (Å²) < 4.78 is 0. The predicted molar refractivity (Wildman–Crippen MR) is 75.6 cm³/mol. The highest BCUT2D eigenvalue weighted by Gasteiger charge is 2.32. The molecule has 4 heteroatoms. The van der Waals surface area contributed by atoms with Crippen molar-refractivity contribution in [1.29, 1.82) is 0 Å². The molecule has 0 aliphatic carbocycles. The fourth-order valence-electron chi connectivity index (χ4n) is 1.71. The van der Waals surface area contributed by atoms with Crippen molar-refractivity contribution in [1.82, 2.24) is 15.5 Å². The predicted octanol–water partition coefficient (Wildman–Crippen LogP) is 1.08. The second kappa shape index (κ2) is 6.02. The zero-order chi connectivity index (χ0) is 13.8. The van der Waals surface area contributed by atoms with Crippen LogP contribution in [0, 0.1) is 10.8 Å². The van der Waals surface area contributed by atoms with Crippen molar-refractivity contribution in [3.8, 4) is 0 Å². The van der Waals surface area contributed by atoms with Crippen LogP contribution < -0.4 is 10.6 Å². The van der Waals surface area contributed by atoms with Gasteiger partial charge in [-0.2, -0.15) is 0 Å². The maximum absolute atomic E-state index is 11.9. The molecule has 0 saturated carbocycles. The first kappa shape index (κ1) is 15.4. The number of hydrogen-bond acceptors (Lipinski definition) is 3. The normalized spacial score (nSPS) is 18.7. The maximum Gasteiger partial charge on any atom is 0.234 e. The number of nitrogens with zero attached hydrogens (tertiary/aromatic N) is 1. The van der Waals surface area contributed by atoms with Crippen LogP contribution in [0.3, 0.4) is 0 Å². The highest BCUT2D eigenvalue weighted by atomic mass is 16.2. The summed E-state index contributed by atoms with van der Waals surface area (Å²) >= 11 is 0. The Labute approximate surface area is 111 Å². The monoisotopic (exact) mass is 255 g/mol. The Kier molecular flexibility index (Phi) is 5.17. The molecule has 1 aliphatic heterocycles. The van der Waals surface area contributed by atoms with Crippen molar-refractivity contribution in [2.75, 3.05) is 39.3 Å². The van der Waals surface area contributed by atoms with E-state index in [1.807, 2.05) is 0 Å². The van der Waals surface area contributed by atoms with Gasteiger partial charge in [-0.05, 0) is 10.8 Å². The highest BCUT2D eigenvalue weighted by molar-refractivity contribution is 5.78. The molecule has 0 aromatic rings. The largest absolute Gasteiger partial charge is 0.354 e. The lowest BCUT2D eigenvalue weighted by molar-refractivity contribution is -0.123. The van der Waals surface area contributed by atoms with Crippen molar-refractivity contribution in [2.24, 2.45) is 10.8 Å². The lowest BCUT2D eigenvalue weighted by Gasteiger charge is -2.39. The average Bonchev–Trinajstić information content (AvgIpc) is 2.26. The Hall–Kier alpha value is -0.610. The third-order valence-electron chi connectivity index (χ3n) is 4.33. The van der Waals surface area contributed by atoms with Gasteiger partial charge < -0.3 is 10.6 Å². The van der Waals surface area contributed by atoms with Crippen LogP contribution in [0.5, 0.6) is 0 Å². The summed E-state index contributed by atoms with van der Waals surface area (Å²) in [5, 5.41) is 6.37. The van der Waals surface area contributed by atoms with E-state index < -0.39 is 0 Å². The van der Waals surface area contributed by atoms with E-state index in [0.717, 1.165) is 32.7 Å². The van der Waals surface area contributed by atoms with Crippen molar-refractivity contribution in [3.05, 3.63) is 0 Å². The summed E-state index contributed by atoms with van der Waals surface area (Å²) in [4.78, 5) is 14.1. The summed E-state index contributed by atoms with van der Waals surface area (Å²) in [6.07, 6.45) is 0. The molecule has 1 amide bonds. The summed E-state index contributed by atoms with van der Waals surface area (Å²) in [7, 11) is 0. The van der Waals surface area contributed by atoms with Gasteiger partial charge in [0.2, 0.25) is 5.91 Å². The molecule has 0 aromatic carbocycles. The average molecular weight is 255 g/mol. The smallest absolute Gasteiger partial charge is 0.234 e. The van der Waals surface area contributed by atoms with Crippen LogP contribution in [0.25, 0.3) is 0 Å². The summed E-state index contributed by atoms with van der Waals surface area (Å²) in [5.41, 5.74) is 0.293. The fourth-order valence-corrected chi connectivity index (χ4v) is 1.71. The van der Waals surface area contributed by atoms with Crippen molar-refractivity contribution in [3.63, 3.8) is 0 Å². The Balaban J connectivity index is 2.32. The number of carbonyl (C=O) groups excluding carboxylic acids is 1. The molecule has 0 spiro atoms. The van der Waals surface area contributed by atoms with Gasteiger partial charge in [-0.15, -0.1) is 0 Å². The topological polar surface area (TPSA) is 44.4 Å². The van der Waals surface area contributed by atoms with E-state index in [9.17, 15) is 4.79 Å². The Morgan fingerprint density at radius 2 is 1.72 bits per heavy atom. The number of carbonyl (C=O) groups is 1. The van der Waals surface area contributed by atoms with Crippen LogP contribution in [-0.4, -0.2) is 50.1 Å². The fraction of sp³-hybridized carbons (Fsp3) is 0.929. The van der Waals surface area contributed by atoms with E-state index >= 15 is 0 Å². The number of nitrogens with one attached hydrogen (secondary N) is 2. The van der Waals surface area contributed by atoms with Crippen LogP contribution in [0.4, 0.5) is 0 Å². The van der Waals surface area contributed by atoms with Gasteiger partial charge in [-0.25, -0.2) is 0 Å². The lowest BCUT2D eigenvalue weighted by Crippen LogP contribution is -2.49. The number of piperazine rings is 1. The SMILES string of the molecule is CC(C)(C)C(C)(C)CNC(=O)CN1CCNCC1. The first-order valence-electron chi connectivity index (χ1n) is 6.92. The summed E-state index contributed by atoms with van der Waals surface area (Å²) in [5.74, 6) is 0.147. The molecular formula is C14H29N3O. The summed E-state index contributed by atoms with van der Waals surface area (Å²) in [6, 6.07) is 0. The van der Waals surface area contributed by atoms with E-state index in [0.29, 0.717) is 6.54 Å². The third-order valence-corrected chi connectivity index (χ3v) is 4.33. The minimum absolute atomic E-state index is 0.103. The molecule has 1 rings (SSSR count). The van der Waals surface area contributed by atoms with Crippen LogP contribution in [0.15, 0.2) is 0 Å². The second-order valence-electron chi connectivity index (χ2n) is 6.94. The second-order valence-corrected chi connectivity index (χ2v) is 6.94. The molecule has 0 radical (unpaired) electrons. The molecular weight excluding hydrogens is 226 g/mol. The molecule has 0 aromatic heterocycles. The van der Waals surface area contributed by atoms with Gasteiger partial charge in [-0.1, -0.05) is 34.6 Å². The van der Waals surface area contributed by atoms with Crippen molar-refractivity contribution >= 4 is 5.91 Å². The highest BCUT2D eigenvalue weighted by Crippen LogP contribution is 2.36. The molecule has 1 fully saturated rings. The number of hydrogen-bond donors (Lipinski definition) is 2. The molecule has 0 atom stereocenters.